The zero-order chi connectivity index (χ0) is 22.9. The monoisotopic (exact) mass is 446 g/mol. The Hall–Kier alpha value is -1.67. The third-order valence-electron chi connectivity index (χ3n) is 8.09. The fourth-order valence-corrected chi connectivity index (χ4v) is 6.22. The molecule has 7 nitrogen and oxygen atoms in total. The number of aliphatic hydroxyl groups is 3. The summed E-state index contributed by atoms with van der Waals surface area (Å²) in [5.41, 5.74) is -0.175. The molecule has 7 heteroatoms. The van der Waals surface area contributed by atoms with Crippen molar-refractivity contribution in [1.29, 1.82) is 0 Å². The molecule has 0 radical (unpaired) electrons. The Bertz CT molecular complexity index is 782. The van der Waals surface area contributed by atoms with Crippen LogP contribution >= 0.6 is 0 Å². The molecule has 3 N–H and O–H groups in total. The summed E-state index contributed by atoms with van der Waals surface area (Å²) in [5, 5.41) is 33.2. The summed E-state index contributed by atoms with van der Waals surface area (Å²) in [6.07, 6.45) is 2.28. The van der Waals surface area contributed by atoms with Gasteiger partial charge in [-0.3, -0.25) is 4.90 Å². The molecule has 32 heavy (non-hydrogen) atoms. The average Bonchev–Trinajstić information content (AvgIpc) is 3.00. The minimum absolute atomic E-state index is 0.0678. The highest BCUT2D eigenvalue weighted by Gasteiger charge is 2.56. The molecule has 4 rings (SSSR count). The van der Waals surface area contributed by atoms with Crippen LogP contribution in [-0.4, -0.2) is 81.3 Å². The van der Waals surface area contributed by atoms with Gasteiger partial charge >= 0.3 is 6.09 Å². The number of fused-ring (bicyclic) bond motifs is 1. The number of nitrogens with zero attached hydrogens (tertiary/aromatic N) is 2. The summed E-state index contributed by atoms with van der Waals surface area (Å²) >= 11 is 0. The van der Waals surface area contributed by atoms with Crippen molar-refractivity contribution in [2.75, 3.05) is 26.2 Å². The molecule has 1 aliphatic carbocycles. The zero-order valence-electron chi connectivity index (χ0n) is 19.3. The Kier molecular flexibility index (Phi) is 6.82. The maximum absolute atomic E-state index is 12.1. The zero-order valence-corrected chi connectivity index (χ0v) is 19.3. The highest BCUT2D eigenvalue weighted by atomic mass is 16.6. The number of carbonyl (C=O) groups excluding carboxylic acids is 1. The summed E-state index contributed by atoms with van der Waals surface area (Å²) in [5.74, 6) is 0. The topological polar surface area (TPSA) is 93.5 Å². The van der Waals surface area contributed by atoms with E-state index in [9.17, 15) is 20.1 Å². The molecular formula is C25H38N2O5. The molecule has 0 aromatic heterocycles. The SMILES string of the molecule is CCOC(=O)N1CCC(O)(CN2[C@@H](c3ccccc3)C[C@@]3(C)[C@H](O)[C@H](O)CCC[C@@H]23)CC1. The lowest BCUT2D eigenvalue weighted by Crippen LogP contribution is -2.55. The van der Waals surface area contributed by atoms with Crippen LogP contribution in [-0.2, 0) is 4.74 Å². The van der Waals surface area contributed by atoms with Crippen molar-refractivity contribution in [1.82, 2.24) is 9.80 Å². The lowest BCUT2D eigenvalue weighted by Gasteiger charge is -2.44. The minimum Gasteiger partial charge on any atom is -0.450 e. The van der Waals surface area contributed by atoms with Crippen LogP contribution in [0.4, 0.5) is 4.79 Å². The number of hydrogen-bond acceptors (Lipinski definition) is 6. The van der Waals surface area contributed by atoms with E-state index in [1.54, 1.807) is 11.8 Å². The summed E-state index contributed by atoms with van der Waals surface area (Å²) in [6, 6.07) is 10.4. The lowest BCUT2D eigenvalue weighted by molar-refractivity contribution is -0.0780. The first kappa shape index (κ1) is 23.5. The van der Waals surface area contributed by atoms with Gasteiger partial charge in [-0.15, -0.1) is 0 Å². The summed E-state index contributed by atoms with van der Waals surface area (Å²) in [6.45, 7) is 5.68. The molecule has 1 aromatic rings. The van der Waals surface area contributed by atoms with Crippen molar-refractivity contribution in [3.8, 4) is 0 Å². The van der Waals surface area contributed by atoms with Crippen LogP contribution in [0.25, 0.3) is 0 Å². The molecule has 5 atom stereocenters. The number of β-amino-alcohol motifs (C(OH)–C–C–N with tert-alkyl or cyclic N) is 1. The fraction of sp³-hybridized carbons (Fsp3) is 0.720. The summed E-state index contributed by atoms with van der Waals surface area (Å²) in [4.78, 5) is 16.1. The maximum Gasteiger partial charge on any atom is 0.409 e. The van der Waals surface area contributed by atoms with Gasteiger partial charge in [0.05, 0.1) is 24.4 Å². The largest absolute Gasteiger partial charge is 0.450 e. The second-order valence-electron chi connectivity index (χ2n) is 10.2. The fourth-order valence-electron chi connectivity index (χ4n) is 6.22. The molecule has 178 valence electrons. The minimum atomic E-state index is -0.906. The van der Waals surface area contributed by atoms with E-state index in [1.807, 2.05) is 18.2 Å². The molecule has 0 bridgehead atoms. The van der Waals surface area contributed by atoms with E-state index in [-0.39, 0.29) is 18.2 Å². The molecular weight excluding hydrogens is 408 g/mol. The third kappa shape index (κ3) is 4.40. The van der Waals surface area contributed by atoms with Crippen LogP contribution in [0, 0.1) is 5.41 Å². The summed E-state index contributed by atoms with van der Waals surface area (Å²) in [7, 11) is 0. The predicted octanol–water partition coefficient (Wildman–Crippen LogP) is 2.70. The molecule has 0 unspecified atom stereocenters. The number of rotatable bonds is 4. The first-order chi connectivity index (χ1) is 15.3. The van der Waals surface area contributed by atoms with Crippen LogP contribution in [0.5, 0.6) is 0 Å². The first-order valence-corrected chi connectivity index (χ1v) is 12.1. The number of aliphatic hydroxyl groups excluding tert-OH is 2. The molecule has 3 fully saturated rings. The second kappa shape index (κ2) is 9.29. The maximum atomic E-state index is 12.1. The number of likely N-dealkylation sites (tertiary alicyclic amines) is 2. The molecule has 2 saturated heterocycles. The van der Waals surface area contributed by atoms with E-state index in [4.69, 9.17) is 4.74 Å². The van der Waals surface area contributed by atoms with Gasteiger partial charge in [-0.05, 0) is 51.0 Å². The lowest BCUT2D eigenvalue weighted by atomic mass is 9.74. The molecule has 3 aliphatic rings. The number of hydrogen-bond donors (Lipinski definition) is 3. The van der Waals surface area contributed by atoms with E-state index in [2.05, 4.69) is 24.0 Å². The predicted molar refractivity (Wildman–Crippen MR) is 121 cm³/mol. The molecule has 1 amide bonds. The Balaban J connectivity index is 1.57. The van der Waals surface area contributed by atoms with Crippen LogP contribution in [0.3, 0.4) is 0 Å². The quantitative estimate of drug-likeness (QED) is 0.659. The van der Waals surface area contributed by atoms with Crippen molar-refractivity contribution in [3.63, 3.8) is 0 Å². The highest BCUT2D eigenvalue weighted by Crippen LogP contribution is 2.54. The third-order valence-corrected chi connectivity index (χ3v) is 8.09. The van der Waals surface area contributed by atoms with Crippen molar-refractivity contribution in [2.45, 2.75) is 82.3 Å². The van der Waals surface area contributed by atoms with Gasteiger partial charge in [-0.1, -0.05) is 37.3 Å². The molecule has 0 spiro atoms. The van der Waals surface area contributed by atoms with Gasteiger partial charge in [0.15, 0.2) is 0 Å². The van der Waals surface area contributed by atoms with Crippen LogP contribution < -0.4 is 0 Å². The standard InChI is InChI=1S/C25H38N2O5/c1-3-32-23(30)26-14-12-25(31,13-15-26)17-27-19(18-8-5-4-6-9-18)16-24(2)21(27)11-7-10-20(28)22(24)29/h4-6,8-9,19-22,28-29,31H,3,7,10-17H2,1-2H3/t19-,20-,21-,22-,24-/m1/s1. The van der Waals surface area contributed by atoms with Crippen molar-refractivity contribution >= 4 is 6.09 Å². The van der Waals surface area contributed by atoms with Gasteiger partial charge in [0.25, 0.3) is 0 Å². The number of amides is 1. The van der Waals surface area contributed by atoms with Gasteiger partial charge < -0.3 is 25.0 Å². The molecule has 2 aliphatic heterocycles. The Morgan fingerprint density at radius 3 is 2.50 bits per heavy atom. The number of benzene rings is 1. The molecule has 1 saturated carbocycles. The Morgan fingerprint density at radius 1 is 1.16 bits per heavy atom. The highest BCUT2D eigenvalue weighted by molar-refractivity contribution is 5.67. The molecule has 1 aromatic carbocycles. The van der Waals surface area contributed by atoms with E-state index in [0.29, 0.717) is 45.5 Å². The van der Waals surface area contributed by atoms with Crippen LogP contribution in [0.1, 0.15) is 64.0 Å². The van der Waals surface area contributed by atoms with E-state index in [0.717, 1.165) is 19.3 Å². The smallest absolute Gasteiger partial charge is 0.409 e. The van der Waals surface area contributed by atoms with Crippen LogP contribution in [0.2, 0.25) is 0 Å². The van der Waals surface area contributed by atoms with Crippen molar-refractivity contribution in [3.05, 3.63) is 35.9 Å². The van der Waals surface area contributed by atoms with Gasteiger partial charge in [-0.25, -0.2) is 4.79 Å². The Labute approximate surface area is 191 Å². The van der Waals surface area contributed by atoms with Gasteiger partial charge in [-0.2, -0.15) is 0 Å². The second-order valence-corrected chi connectivity index (χ2v) is 10.2. The normalized spacial score (nSPS) is 35.2. The van der Waals surface area contributed by atoms with E-state index in [1.165, 1.54) is 5.56 Å². The van der Waals surface area contributed by atoms with Crippen molar-refractivity contribution in [2.24, 2.45) is 5.41 Å². The van der Waals surface area contributed by atoms with Crippen LogP contribution in [0.15, 0.2) is 30.3 Å². The van der Waals surface area contributed by atoms with E-state index >= 15 is 0 Å². The number of carbonyl (C=O) groups is 1. The summed E-state index contributed by atoms with van der Waals surface area (Å²) < 4.78 is 5.12. The number of ether oxygens (including phenoxy) is 1. The van der Waals surface area contributed by atoms with Crippen molar-refractivity contribution < 1.29 is 24.9 Å². The van der Waals surface area contributed by atoms with Gasteiger partial charge in [0.1, 0.15) is 0 Å². The van der Waals surface area contributed by atoms with Gasteiger partial charge in [0, 0.05) is 37.1 Å². The molecule has 2 heterocycles. The average molecular weight is 447 g/mol. The first-order valence-electron chi connectivity index (χ1n) is 12.1. The number of piperidine rings is 1. The Morgan fingerprint density at radius 2 is 1.84 bits per heavy atom. The van der Waals surface area contributed by atoms with E-state index < -0.39 is 23.2 Å². The van der Waals surface area contributed by atoms with Gasteiger partial charge in [0.2, 0.25) is 0 Å².